The van der Waals surface area contributed by atoms with Gasteiger partial charge in [0.2, 0.25) is 0 Å². The monoisotopic (exact) mass is 256 g/mol. The van der Waals surface area contributed by atoms with Gasteiger partial charge in [-0.25, -0.2) is 0 Å². The summed E-state index contributed by atoms with van der Waals surface area (Å²) in [4.78, 5) is 11.6. The molecule has 0 atom stereocenters. The third kappa shape index (κ3) is 2.47. The van der Waals surface area contributed by atoms with Crippen LogP contribution in [0.15, 0.2) is 30.5 Å². The summed E-state index contributed by atoms with van der Waals surface area (Å²) in [6.45, 7) is 0. The molecule has 0 spiro atoms. The molecule has 0 radical (unpaired) electrons. The Hall–Kier alpha value is -2.38. The standard InChI is InChI=1S/C10H7F3N4O/c11-10(12,13)6-3-1-2-4-7(6)15-9(18)8-5-14-17-16-8/h1-5H,(H,15,18)(H,14,16,17). The Kier molecular flexibility index (Phi) is 3.00. The summed E-state index contributed by atoms with van der Waals surface area (Å²) in [6.07, 6.45) is -3.42. The lowest BCUT2D eigenvalue weighted by Gasteiger charge is -2.12. The first kappa shape index (κ1) is 12.1. The summed E-state index contributed by atoms with van der Waals surface area (Å²) in [5.41, 5.74) is -1.33. The predicted molar refractivity (Wildman–Crippen MR) is 55.8 cm³/mol. The topological polar surface area (TPSA) is 70.7 Å². The number of aromatic amines is 1. The second-order valence-corrected chi connectivity index (χ2v) is 3.35. The van der Waals surface area contributed by atoms with Gasteiger partial charge >= 0.3 is 6.18 Å². The Morgan fingerprint density at radius 1 is 1.28 bits per heavy atom. The van der Waals surface area contributed by atoms with E-state index in [1.165, 1.54) is 18.2 Å². The van der Waals surface area contributed by atoms with Gasteiger partial charge in [0.15, 0.2) is 5.69 Å². The molecule has 5 nitrogen and oxygen atoms in total. The van der Waals surface area contributed by atoms with Crippen LogP contribution in [-0.2, 0) is 6.18 Å². The normalized spacial score (nSPS) is 11.3. The van der Waals surface area contributed by atoms with Crippen LogP contribution in [0.5, 0.6) is 0 Å². The van der Waals surface area contributed by atoms with E-state index < -0.39 is 17.6 Å². The van der Waals surface area contributed by atoms with E-state index in [0.29, 0.717) is 0 Å². The first-order chi connectivity index (χ1) is 8.48. The highest BCUT2D eigenvalue weighted by molar-refractivity contribution is 6.03. The number of alkyl halides is 3. The van der Waals surface area contributed by atoms with Gasteiger partial charge in [0, 0.05) is 0 Å². The largest absolute Gasteiger partial charge is 0.418 e. The molecule has 0 aliphatic carbocycles. The van der Waals surface area contributed by atoms with E-state index in [4.69, 9.17) is 0 Å². The zero-order chi connectivity index (χ0) is 13.2. The summed E-state index contributed by atoms with van der Waals surface area (Å²) in [5.74, 6) is -0.763. The van der Waals surface area contributed by atoms with Crippen LogP contribution in [0.25, 0.3) is 0 Å². The van der Waals surface area contributed by atoms with E-state index in [0.717, 1.165) is 12.3 Å². The number of nitrogens with zero attached hydrogens (tertiary/aromatic N) is 2. The molecule has 0 bridgehead atoms. The van der Waals surface area contributed by atoms with Crippen molar-refractivity contribution in [2.75, 3.05) is 5.32 Å². The lowest BCUT2D eigenvalue weighted by atomic mass is 10.1. The number of H-pyrrole nitrogens is 1. The number of carbonyl (C=O) groups is 1. The molecule has 1 heterocycles. The fourth-order valence-electron chi connectivity index (χ4n) is 1.34. The third-order valence-electron chi connectivity index (χ3n) is 2.13. The van der Waals surface area contributed by atoms with Gasteiger partial charge in [-0.05, 0) is 12.1 Å². The molecule has 94 valence electrons. The Morgan fingerprint density at radius 3 is 2.61 bits per heavy atom. The molecule has 1 aromatic heterocycles. The van der Waals surface area contributed by atoms with Gasteiger partial charge in [0.25, 0.3) is 5.91 Å². The van der Waals surface area contributed by atoms with Gasteiger partial charge in [0.05, 0.1) is 17.4 Å². The van der Waals surface area contributed by atoms with Crippen LogP contribution in [-0.4, -0.2) is 21.3 Å². The van der Waals surface area contributed by atoms with Crippen molar-refractivity contribution in [3.63, 3.8) is 0 Å². The van der Waals surface area contributed by atoms with Crippen molar-refractivity contribution in [2.24, 2.45) is 0 Å². The van der Waals surface area contributed by atoms with E-state index in [9.17, 15) is 18.0 Å². The van der Waals surface area contributed by atoms with Crippen LogP contribution in [0.3, 0.4) is 0 Å². The van der Waals surface area contributed by atoms with Gasteiger partial charge in [-0.3, -0.25) is 4.79 Å². The van der Waals surface area contributed by atoms with Gasteiger partial charge in [0.1, 0.15) is 0 Å². The molecule has 8 heteroatoms. The van der Waals surface area contributed by atoms with Gasteiger partial charge < -0.3 is 5.32 Å². The number of benzene rings is 1. The van der Waals surface area contributed by atoms with E-state index in [2.05, 4.69) is 20.7 Å². The minimum Gasteiger partial charge on any atom is -0.320 e. The average Bonchev–Trinajstić information content (AvgIpc) is 2.81. The summed E-state index contributed by atoms with van der Waals surface area (Å²) in [5, 5.41) is 11.2. The number of amides is 1. The predicted octanol–water partition coefficient (Wildman–Crippen LogP) is 2.08. The number of halogens is 3. The highest BCUT2D eigenvalue weighted by atomic mass is 19.4. The maximum absolute atomic E-state index is 12.7. The number of anilines is 1. The van der Waals surface area contributed by atoms with Crippen LogP contribution in [0.1, 0.15) is 16.1 Å². The van der Waals surface area contributed by atoms with Crippen molar-refractivity contribution in [1.29, 1.82) is 0 Å². The fourth-order valence-corrected chi connectivity index (χ4v) is 1.34. The summed E-state index contributed by atoms with van der Waals surface area (Å²) in [6, 6.07) is 4.70. The molecule has 0 unspecified atom stereocenters. The second kappa shape index (κ2) is 4.47. The maximum Gasteiger partial charge on any atom is 0.418 e. The van der Waals surface area contributed by atoms with Crippen LogP contribution in [0, 0.1) is 0 Å². The first-order valence-corrected chi connectivity index (χ1v) is 4.82. The lowest BCUT2D eigenvalue weighted by Crippen LogP contribution is -2.16. The Bertz CT molecular complexity index is 551. The summed E-state index contributed by atoms with van der Waals surface area (Å²) < 4.78 is 38.0. The molecule has 0 saturated heterocycles. The second-order valence-electron chi connectivity index (χ2n) is 3.35. The van der Waals surface area contributed by atoms with Crippen molar-refractivity contribution in [3.8, 4) is 0 Å². The van der Waals surface area contributed by atoms with Crippen LogP contribution < -0.4 is 5.32 Å². The molecule has 2 N–H and O–H groups in total. The quantitative estimate of drug-likeness (QED) is 0.864. The van der Waals surface area contributed by atoms with Crippen molar-refractivity contribution in [3.05, 3.63) is 41.7 Å². The molecule has 1 aromatic carbocycles. The number of carbonyl (C=O) groups excluding carboxylic acids is 1. The van der Waals surface area contributed by atoms with Gasteiger partial charge in [-0.2, -0.15) is 28.6 Å². The maximum atomic E-state index is 12.7. The molecule has 0 aliphatic rings. The van der Waals surface area contributed by atoms with Crippen molar-refractivity contribution < 1.29 is 18.0 Å². The molecular weight excluding hydrogens is 249 g/mol. The average molecular weight is 256 g/mol. The molecule has 1 amide bonds. The van der Waals surface area contributed by atoms with E-state index in [1.807, 2.05) is 0 Å². The van der Waals surface area contributed by atoms with Gasteiger partial charge in [-0.15, -0.1) is 0 Å². The number of hydrogen-bond donors (Lipinski definition) is 2. The van der Waals surface area contributed by atoms with Crippen LogP contribution >= 0.6 is 0 Å². The lowest BCUT2D eigenvalue weighted by molar-refractivity contribution is -0.136. The minimum atomic E-state index is -4.53. The Labute approximate surface area is 99.0 Å². The Morgan fingerprint density at radius 2 is 2.00 bits per heavy atom. The van der Waals surface area contributed by atoms with Gasteiger partial charge in [-0.1, -0.05) is 12.1 Å². The SMILES string of the molecule is O=C(Nc1ccccc1C(F)(F)F)c1cn[nH]n1. The summed E-state index contributed by atoms with van der Waals surface area (Å²) in [7, 11) is 0. The number of hydrogen-bond acceptors (Lipinski definition) is 3. The number of para-hydroxylation sites is 1. The first-order valence-electron chi connectivity index (χ1n) is 4.82. The molecule has 0 aliphatic heterocycles. The molecule has 0 saturated carbocycles. The molecule has 2 aromatic rings. The van der Waals surface area contributed by atoms with E-state index >= 15 is 0 Å². The zero-order valence-electron chi connectivity index (χ0n) is 8.82. The fraction of sp³-hybridized carbons (Fsp3) is 0.100. The van der Waals surface area contributed by atoms with Crippen molar-refractivity contribution in [2.45, 2.75) is 6.18 Å². The number of aromatic nitrogens is 3. The number of nitrogens with one attached hydrogen (secondary N) is 2. The minimum absolute atomic E-state index is 0.0908. The van der Waals surface area contributed by atoms with E-state index in [-0.39, 0.29) is 11.4 Å². The third-order valence-corrected chi connectivity index (χ3v) is 2.13. The highest BCUT2D eigenvalue weighted by Crippen LogP contribution is 2.34. The molecule has 0 fully saturated rings. The van der Waals surface area contributed by atoms with Crippen molar-refractivity contribution >= 4 is 11.6 Å². The Balaban J connectivity index is 2.27. The molecule has 18 heavy (non-hydrogen) atoms. The van der Waals surface area contributed by atoms with Crippen LogP contribution in [0.2, 0.25) is 0 Å². The van der Waals surface area contributed by atoms with Crippen molar-refractivity contribution in [1.82, 2.24) is 15.4 Å². The smallest absolute Gasteiger partial charge is 0.320 e. The van der Waals surface area contributed by atoms with E-state index in [1.54, 1.807) is 0 Å². The molecule has 2 rings (SSSR count). The summed E-state index contributed by atoms with van der Waals surface area (Å²) >= 11 is 0. The number of rotatable bonds is 2. The highest BCUT2D eigenvalue weighted by Gasteiger charge is 2.33. The zero-order valence-corrected chi connectivity index (χ0v) is 8.82. The van der Waals surface area contributed by atoms with Crippen LogP contribution in [0.4, 0.5) is 18.9 Å². The molecular formula is C10H7F3N4O.